The molecule has 0 aliphatic heterocycles. The fraction of sp³-hybridized carbons (Fsp3) is 0.188. The van der Waals surface area contributed by atoms with E-state index in [-0.39, 0.29) is 6.61 Å². The van der Waals surface area contributed by atoms with E-state index in [2.05, 4.69) is 32.0 Å². The van der Waals surface area contributed by atoms with Crippen LogP contribution >= 0.6 is 0 Å². The fourth-order valence-corrected chi connectivity index (χ4v) is 2.84. The summed E-state index contributed by atoms with van der Waals surface area (Å²) in [6.45, 7) is 3.88. The Labute approximate surface area is 122 Å². The Kier molecular flexibility index (Phi) is 4.69. The number of carbonyl (C=O) groups is 1. The van der Waals surface area contributed by atoms with Crippen LogP contribution in [0, 0.1) is 13.8 Å². The largest absolute Gasteiger partial charge is 0.482 e. The van der Waals surface area contributed by atoms with Gasteiger partial charge in [-0.15, -0.1) is 0 Å². The molecule has 3 nitrogen and oxygen atoms in total. The second-order valence-corrected chi connectivity index (χ2v) is 5.80. The molecule has 2 rings (SSSR count). The molecule has 0 aliphatic rings. The minimum Gasteiger partial charge on any atom is -0.482 e. The Balaban J connectivity index is 2.06. The molecule has 104 valence electrons. The summed E-state index contributed by atoms with van der Waals surface area (Å²) in [6.07, 6.45) is 0. The van der Waals surface area contributed by atoms with Gasteiger partial charge in [0.1, 0.15) is 5.75 Å². The summed E-state index contributed by atoms with van der Waals surface area (Å²) in [6, 6.07) is 13.9. The number of ether oxygens (including phenoxy) is 1. The first-order chi connectivity index (χ1) is 9.54. The van der Waals surface area contributed by atoms with Crippen molar-refractivity contribution in [2.75, 3.05) is 6.61 Å². The highest BCUT2D eigenvalue weighted by molar-refractivity contribution is 7.78. The van der Waals surface area contributed by atoms with E-state index in [1.54, 1.807) is 12.1 Å². The Morgan fingerprint density at radius 3 is 2.50 bits per heavy atom. The molecule has 0 spiro atoms. The molecule has 20 heavy (non-hydrogen) atoms. The number of carboxylic acid groups (broad SMARTS) is 1. The van der Waals surface area contributed by atoms with Crippen LogP contribution in [0.1, 0.15) is 11.1 Å². The van der Waals surface area contributed by atoms with E-state index in [1.165, 1.54) is 16.0 Å². The summed E-state index contributed by atoms with van der Waals surface area (Å²) in [5.41, 5.74) is 2.52. The number of carboxylic acids is 1. The lowest BCUT2D eigenvalue weighted by atomic mass is 10.2. The number of aryl methyl sites for hydroxylation is 2. The van der Waals surface area contributed by atoms with E-state index < -0.39 is 5.97 Å². The van der Waals surface area contributed by atoms with Gasteiger partial charge < -0.3 is 9.84 Å². The van der Waals surface area contributed by atoms with Gasteiger partial charge in [0, 0.05) is 17.3 Å². The topological polar surface area (TPSA) is 46.5 Å². The molecule has 0 saturated heterocycles. The summed E-state index contributed by atoms with van der Waals surface area (Å²) in [7, 11) is 0. The molecule has 0 heterocycles. The Bertz CT molecular complexity index is 606. The van der Waals surface area contributed by atoms with Crippen LogP contribution in [-0.2, 0) is 16.6 Å². The molecule has 0 aromatic heterocycles. The number of benzene rings is 2. The van der Waals surface area contributed by atoms with E-state index in [4.69, 9.17) is 9.84 Å². The number of thiol groups is 1. The second-order valence-electron chi connectivity index (χ2n) is 4.58. The third-order valence-corrected chi connectivity index (χ3v) is 4.09. The van der Waals surface area contributed by atoms with Crippen molar-refractivity contribution in [1.82, 2.24) is 0 Å². The number of rotatable bonds is 5. The van der Waals surface area contributed by atoms with Gasteiger partial charge in [-0.2, -0.15) is 0 Å². The van der Waals surface area contributed by atoms with Gasteiger partial charge in [0.05, 0.1) is 0 Å². The highest BCUT2D eigenvalue weighted by Gasteiger charge is 2.11. The van der Waals surface area contributed by atoms with Gasteiger partial charge >= 0.3 is 5.97 Å². The molecule has 0 saturated carbocycles. The molecule has 0 aliphatic carbocycles. The van der Waals surface area contributed by atoms with E-state index in [9.17, 15) is 4.79 Å². The smallest absolute Gasteiger partial charge is 0.341 e. The molecule has 0 atom stereocenters. The normalized spacial score (nSPS) is 10.3. The predicted molar refractivity (Wildman–Crippen MR) is 80.8 cm³/mol. The van der Waals surface area contributed by atoms with Crippen LogP contribution in [0.2, 0.25) is 0 Å². The van der Waals surface area contributed by atoms with E-state index in [0.717, 1.165) is 16.7 Å². The van der Waals surface area contributed by atoms with Gasteiger partial charge in [-0.25, -0.2) is 4.79 Å². The van der Waals surface area contributed by atoms with Gasteiger partial charge in [0.15, 0.2) is 16.4 Å². The van der Waals surface area contributed by atoms with Crippen LogP contribution < -0.4 is 4.74 Å². The summed E-state index contributed by atoms with van der Waals surface area (Å²) < 4.78 is 5.11. The van der Waals surface area contributed by atoms with Crippen molar-refractivity contribution in [2.24, 2.45) is 0 Å². The fourth-order valence-electron chi connectivity index (χ4n) is 1.74. The maximum atomic E-state index is 10.4. The SMILES string of the molecule is Cc1ccc(C)c([SH+]c2ccc(OCC(=O)O)cc2)c1. The first kappa shape index (κ1) is 14.5. The lowest BCUT2D eigenvalue weighted by Crippen LogP contribution is -2.09. The van der Waals surface area contributed by atoms with Crippen molar-refractivity contribution in [3.05, 3.63) is 53.6 Å². The molecule has 2 aromatic carbocycles. The monoisotopic (exact) mass is 289 g/mol. The van der Waals surface area contributed by atoms with Crippen LogP contribution in [-0.4, -0.2) is 17.7 Å². The van der Waals surface area contributed by atoms with Crippen molar-refractivity contribution < 1.29 is 14.6 Å². The zero-order valence-corrected chi connectivity index (χ0v) is 12.4. The van der Waals surface area contributed by atoms with Crippen molar-refractivity contribution >= 4 is 17.7 Å². The third kappa shape index (κ3) is 4.03. The minimum absolute atomic E-state index is 0.311. The standard InChI is InChI=1S/C16H16O3S/c1-11-3-4-12(2)15(9-11)20-14-7-5-13(6-8-14)19-10-16(17)18/h3-9H,10H2,1-2H3,(H,17,18)/p+1. The number of hydrogen-bond acceptors (Lipinski definition) is 2. The average molecular weight is 289 g/mol. The molecule has 0 bridgehead atoms. The first-order valence-electron chi connectivity index (χ1n) is 6.28. The molecule has 4 heteroatoms. The molecule has 0 fully saturated rings. The van der Waals surface area contributed by atoms with Crippen LogP contribution in [0.5, 0.6) is 5.75 Å². The number of hydrogen-bond donors (Lipinski definition) is 1. The third-order valence-electron chi connectivity index (χ3n) is 2.81. The molecule has 2 aromatic rings. The highest BCUT2D eigenvalue weighted by atomic mass is 32.2. The molecular formula is C16H17O3S+. The Hall–Kier alpha value is -1.94. The van der Waals surface area contributed by atoms with Gasteiger partial charge in [-0.3, -0.25) is 0 Å². The Morgan fingerprint density at radius 2 is 1.85 bits per heavy atom. The van der Waals surface area contributed by atoms with Crippen molar-refractivity contribution in [3.63, 3.8) is 0 Å². The van der Waals surface area contributed by atoms with Crippen LogP contribution in [0.25, 0.3) is 0 Å². The first-order valence-corrected chi connectivity index (χ1v) is 7.18. The molecular weight excluding hydrogens is 272 g/mol. The molecule has 0 unspecified atom stereocenters. The summed E-state index contributed by atoms with van der Waals surface area (Å²) in [5, 5.41) is 8.55. The van der Waals surface area contributed by atoms with E-state index in [1.807, 2.05) is 12.1 Å². The Morgan fingerprint density at radius 1 is 1.15 bits per heavy atom. The van der Waals surface area contributed by atoms with E-state index in [0.29, 0.717) is 5.75 Å². The summed E-state index contributed by atoms with van der Waals surface area (Å²) >= 11 is 1.14. The van der Waals surface area contributed by atoms with Gasteiger partial charge in [0.2, 0.25) is 0 Å². The summed E-state index contributed by atoms with van der Waals surface area (Å²) in [4.78, 5) is 12.9. The highest BCUT2D eigenvalue weighted by Crippen LogP contribution is 2.20. The van der Waals surface area contributed by atoms with Crippen molar-refractivity contribution in [2.45, 2.75) is 23.6 Å². The lowest BCUT2D eigenvalue weighted by molar-refractivity contribution is -0.139. The average Bonchev–Trinajstić information content (AvgIpc) is 2.42. The molecule has 0 radical (unpaired) electrons. The van der Waals surface area contributed by atoms with Crippen LogP contribution in [0.15, 0.2) is 52.3 Å². The maximum Gasteiger partial charge on any atom is 0.341 e. The lowest BCUT2D eigenvalue weighted by Gasteiger charge is -2.03. The van der Waals surface area contributed by atoms with Gasteiger partial charge in [-0.05, 0) is 49.7 Å². The summed E-state index contributed by atoms with van der Waals surface area (Å²) in [5.74, 6) is -0.394. The molecule has 0 amide bonds. The van der Waals surface area contributed by atoms with Gasteiger partial charge in [-0.1, -0.05) is 12.1 Å². The number of aliphatic carboxylic acids is 1. The van der Waals surface area contributed by atoms with Crippen LogP contribution in [0.3, 0.4) is 0 Å². The van der Waals surface area contributed by atoms with E-state index >= 15 is 0 Å². The quantitative estimate of drug-likeness (QED) is 0.680. The van der Waals surface area contributed by atoms with Crippen molar-refractivity contribution in [1.29, 1.82) is 0 Å². The van der Waals surface area contributed by atoms with Crippen LogP contribution in [0.4, 0.5) is 0 Å². The zero-order chi connectivity index (χ0) is 14.5. The maximum absolute atomic E-state index is 10.4. The predicted octanol–water partition coefficient (Wildman–Crippen LogP) is 3.00. The van der Waals surface area contributed by atoms with Gasteiger partial charge in [0.25, 0.3) is 0 Å². The second kappa shape index (κ2) is 6.48. The zero-order valence-electron chi connectivity index (χ0n) is 11.5. The van der Waals surface area contributed by atoms with Crippen molar-refractivity contribution in [3.8, 4) is 5.75 Å². The minimum atomic E-state index is -0.970. The molecule has 1 N–H and O–H groups in total.